The molecule has 10 heteroatoms. The van der Waals surface area contributed by atoms with Crippen molar-refractivity contribution in [2.24, 2.45) is 4.99 Å². The first-order valence-electron chi connectivity index (χ1n) is 10.3. The van der Waals surface area contributed by atoms with Crippen molar-refractivity contribution >= 4 is 69.4 Å². The van der Waals surface area contributed by atoms with Crippen molar-refractivity contribution in [3.63, 3.8) is 0 Å². The molecule has 2 N–H and O–H groups in total. The Morgan fingerprint density at radius 2 is 1.74 bits per heavy atom. The molecule has 1 fully saturated rings. The fourth-order valence-corrected chi connectivity index (χ4v) is 4.13. The van der Waals surface area contributed by atoms with Crippen molar-refractivity contribution in [2.75, 3.05) is 19.0 Å². The van der Waals surface area contributed by atoms with E-state index in [-0.39, 0.29) is 18.4 Å². The number of carbonyl (C=O) groups excluding carboxylic acids is 2. The average molecular weight is 528 g/mol. The molecule has 0 atom stereocenters. The number of nitrogens with one attached hydrogen (secondary N) is 2. The molecule has 0 unspecified atom stereocenters. The molecule has 1 aliphatic heterocycles. The van der Waals surface area contributed by atoms with Gasteiger partial charge in [0.1, 0.15) is 11.5 Å². The monoisotopic (exact) mass is 527 g/mol. The van der Waals surface area contributed by atoms with Crippen LogP contribution in [0, 0.1) is 0 Å². The SMILES string of the molecule is COc1ccc(N=C2NC(=O)/C(=C/c3ccc(OCC(=O)Nc4ccc(Cl)c(Cl)c4)cc3)S2)cc1. The van der Waals surface area contributed by atoms with Crippen LogP contribution in [0.3, 0.4) is 0 Å². The predicted molar refractivity (Wildman–Crippen MR) is 141 cm³/mol. The second kappa shape index (κ2) is 11.3. The molecule has 1 aliphatic rings. The van der Waals surface area contributed by atoms with Gasteiger partial charge < -0.3 is 20.1 Å². The first kappa shape index (κ1) is 24.7. The number of carbonyl (C=O) groups is 2. The number of methoxy groups -OCH3 is 1. The number of anilines is 1. The van der Waals surface area contributed by atoms with Crippen molar-refractivity contribution in [2.45, 2.75) is 0 Å². The highest BCUT2D eigenvalue weighted by Crippen LogP contribution is 2.29. The van der Waals surface area contributed by atoms with Crippen LogP contribution in [-0.4, -0.2) is 30.7 Å². The number of ether oxygens (including phenoxy) is 2. The summed E-state index contributed by atoms with van der Waals surface area (Å²) in [6.45, 7) is -0.176. The third-order valence-electron chi connectivity index (χ3n) is 4.71. The van der Waals surface area contributed by atoms with Gasteiger partial charge in [0.05, 0.1) is 27.7 Å². The Balaban J connectivity index is 1.32. The molecule has 0 aromatic heterocycles. The van der Waals surface area contributed by atoms with Crippen molar-refractivity contribution in [3.8, 4) is 11.5 Å². The van der Waals surface area contributed by atoms with Gasteiger partial charge in [-0.3, -0.25) is 9.59 Å². The van der Waals surface area contributed by atoms with Crippen LogP contribution in [0.5, 0.6) is 11.5 Å². The topological polar surface area (TPSA) is 89.0 Å². The molecular weight excluding hydrogens is 509 g/mol. The average Bonchev–Trinajstić information content (AvgIpc) is 3.19. The molecule has 0 radical (unpaired) electrons. The molecule has 1 heterocycles. The van der Waals surface area contributed by atoms with Gasteiger partial charge in [0.15, 0.2) is 11.8 Å². The minimum atomic E-state index is -0.336. The fourth-order valence-electron chi connectivity index (χ4n) is 2.99. The Morgan fingerprint density at radius 1 is 1.03 bits per heavy atom. The molecule has 1 saturated heterocycles. The van der Waals surface area contributed by atoms with Gasteiger partial charge in [0, 0.05) is 5.69 Å². The zero-order valence-corrected chi connectivity index (χ0v) is 20.7. The molecular formula is C25H19Cl2N3O4S. The number of hydrogen-bond donors (Lipinski definition) is 2. The van der Waals surface area contributed by atoms with Crippen molar-refractivity contribution in [1.82, 2.24) is 5.32 Å². The lowest BCUT2D eigenvalue weighted by Gasteiger charge is -2.08. The highest BCUT2D eigenvalue weighted by atomic mass is 35.5. The van der Waals surface area contributed by atoms with Gasteiger partial charge in [0.2, 0.25) is 0 Å². The van der Waals surface area contributed by atoms with Crippen molar-refractivity contribution in [3.05, 3.63) is 87.2 Å². The Labute approximate surface area is 216 Å². The van der Waals surface area contributed by atoms with E-state index in [0.29, 0.717) is 37.2 Å². The molecule has 0 saturated carbocycles. The smallest absolute Gasteiger partial charge is 0.264 e. The summed E-state index contributed by atoms with van der Waals surface area (Å²) >= 11 is 13.1. The molecule has 4 rings (SSSR count). The highest BCUT2D eigenvalue weighted by Gasteiger charge is 2.23. The summed E-state index contributed by atoms with van der Waals surface area (Å²) in [5, 5.41) is 6.71. The zero-order valence-electron chi connectivity index (χ0n) is 18.4. The summed E-state index contributed by atoms with van der Waals surface area (Å²) in [4.78, 5) is 29.4. The van der Waals surface area contributed by atoms with Crippen LogP contribution < -0.4 is 20.1 Å². The van der Waals surface area contributed by atoms with E-state index in [0.717, 1.165) is 11.3 Å². The summed E-state index contributed by atoms with van der Waals surface area (Å²) in [7, 11) is 1.60. The predicted octanol–water partition coefficient (Wildman–Crippen LogP) is 5.91. The van der Waals surface area contributed by atoms with Gasteiger partial charge in [-0.2, -0.15) is 0 Å². The van der Waals surface area contributed by atoms with Gasteiger partial charge in [-0.05, 0) is 78.0 Å². The lowest BCUT2D eigenvalue weighted by Crippen LogP contribution is -2.20. The van der Waals surface area contributed by atoms with E-state index in [1.807, 2.05) is 12.1 Å². The summed E-state index contributed by atoms with van der Waals surface area (Å²) in [6.07, 6.45) is 1.76. The van der Waals surface area contributed by atoms with Crippen molar-refractivity contribution < 1.29 is 19.1 Å². The van der Waals surface area contributed by atoms with E-state index in [9.17, 15) is 9.59 Å². The molecule has 3 aromatic rings. The van der Waals surface area contributed by atoms with Crippen LogP contribution in [0.1, 0.15) is 5.56 Å². The quantitative estimate of drug-likeness (QED) is 0.372. The number of hydrogen-bond acceptors (Lipinski definition) is 6. The molecule has 7 nitrogen and oxygen atoms in total. The second-order valence-electron chi connectivity index (χ2n) is 7.21. The van der Waals surface area contributed by atoms with E-state index < -0.39 is 0 Å². The summed E-state index contributed by atoms with van der Waals surface area (Å²) in [5.74, 6) is 0.692. The maximum absolute atomic E-state index is 12.3. The van der Waals surface area contributed by atoms with E-state index >= 15 is 0 Å². The molecule has 2 amide bonds. The van der Waals surface area contributed by atoms with Gasteiger partial charge in [0.25, 0.3) is 11.8 Å². The number of amides is 2. The number of benzene rings is 3. The number of rotatable bonds is 7. The van der Waals surface area contributed by atoms with Crippen LogP contribution in [0.2, 0.25) is 10.0 Å². The molecule has 35 heavy (non-hydrogen) atoms. The Bertz CT molecular complexity index is 1310. The summed E-state index contributed by atoms with van der Waals surface area (Å²) in [6, 6.07) is 19.1. The van der Waals surface area contributed by atoms with E-state index in [1.54, 1.807) is 67.8 Å². The Hall–Kier alpha value is -3.46. The highest BCUT2D eigenvalue weighted by molar-refractivity contribution is 8.18. The molecule has 3 aromatic carbocycles. The van der Waals surface area contributed by atoms with Crippen LogP contribution >= 0.6 is 35.0 Å². The lowest BCUT2D eigenvalue weighted by atomic mass is 10.2. The van der Waals surface area contributed by atoms with E-state index in [2.05, 4.69) is 15.6 Å². The van der Waals surface area contributed by atoms with Crippen LogP contribution in [0.25, 0.3) is 6.08 Å². The van der Waals surface area contributed by atoms with Crippen molar-refractivity contribution in [1.29, 1.82) is 0 Å². The fraction of sp³-hybridized carbons (Fsp3) is 0.0800. The lowest BCUT2D eigenvalue weighted by molar-refractivity contribution is -0.118. The van der Waals surface area contributed by atoms with E-state index in [1.165, 1.54) is 11.8 Å². The standard InChI is InChI=1S/C25H19Cl2N3O4S/c1-33-18-9-4-16(5-10-18)29-25-30-24(32)22(35-25)12-15-2-7-19(8-3-15)34-14-23(31)28-17-6-11-20(26)21(27)13-17/h2-13H,14H2,1H3,(H,28,31)(H,29,30,32)/b22-12-. The van der Waals surface area contributed by atoms with Gasteiger partial charge in [-0.15, -0.1) is 0 Å². The minimum absolute atomic E-state index is 0.176. The van der Waals surface area contributed by atoms with Gasteiger partial charge in [-0.25, -0.2) is 4.99 Å². The number of halogens is 2. The second-order valence-corrected chi connectivity index (χ2v) is 9.06. The molecule has 0 aliphatic carbocycles. The van der Waals surface area contributed by atoms with Gasteiger partial charge in [-0.1, -0.05) is 35.3 Å². The zero-order chi connectivity index (χ0) is 24.8. The maximum Gasteiger partial charge on any atom is 0.264 e. The third kappa shape index (κ3) is 6.79. The Morgan fingerprint density at radius 3 is 2.43 bits per heavy atom. The van der Waals surface area contributed by atoms with Gasteiger partial charge >= 0.3 is 0 Å². The largest absolute Gasteiger partial charge is 0.497 e. The number of aliphatic imine (C=N–C) groups is 1. The number of thioether (sulfide) groups is 1. The molecule has 178 valence electrons. The first-order valence-corrected chi connectivity index (χ1v) is 11.9. The maximum atomic E-state index is 12.3. The van der Waals surface area contributed by atoms with Crippen LogP contribution in [0.15, 0.2) is 76.6 Å². The summed E-state index contributed by atoms with van der Waals surface area (Å²) < 4.78 is 10.7. The van der Waals surface area contributed by atoms with Crippen LogP contribution in [0.4, 0.5) is 11.4 Å². The summed E-state index contributed by atoms with van der Waals surface area (Å²) in [5.41, 5.74) is 2.04. The number of amidine groups is 1. The minimum Gasteiger partial charge on any atom is -0.497 e. The first-order chi connectivity index (χ1) is 16.9. The Kier molecular flexibility index (Phi) is 7.97. The third-order valence-corrected chi connectivity index (χ3v) is 6.35. The van der Waals surface area contributed by atoms with E-state index in [4.69, 9.17) is 32.7 Å². The number of nitrogens with zero attached hydrogens (tertiary/aromatic N) is 1. The molecule has 0 bridgehead atoms. The normalized spacial score (nSPS) is 15.2. The van der Waals surface area contributed by atoms with Crippen LogP contribution in [-0.2, 0) is 9.59 Å². The molecule has 0 spiro atoms.